The molecule has 1 aromatic rings. The Kier molecular flexibility index (Phi) is 3.11. The molecule has 3 atom stereocenters. The molecule has 0 heterocycles. The minimum Gasteiger partial charge on any atom is -0.312 e. The van der Waals surface area contributed by atoms with E-state index in [-0.39, 0.29) is 0 Å². The topological polar surface area (TPSA) is 12.0 Å². The van der Waals surface area contributed by atoms with Crippen molar-refractivity contribution in [1.82, 2.24) is 5.32 Å². The van der Waals surface area contributed by atoms with E-state index in [1.807, 2.05) is 0 Å². The number of benzene rings is 1. The minimum absolute atomic E-state index is 0.980. The van der Waals surface area contributed by atoms with Crippen LogP contribution < -0.4 is 5.32 Å². The highest BCUT2D eigenvalue weighted by atomic mass is 14.9. The number of nitrogens with one attached hydrogen (secondary N) is 1. The first-order chi connectivity index (χ1) is 9.38. The van der Waals surface area contributed by atoms with E-state index >= 15 is 0 Å². The van der Waals surface area contributed by atoms with E-state index in [0.29, 0.717) is 0 Å². The zero-order chi connectivity index (χ0) is 12.7. The standard InChI is InChI=1S/C18H25N/c1-2-15-6-5-14(10-16(15)3-1)11-19-12-18-9-13-4-7-17(18)8-13/h5-6,10,13,17-19H,1-4,7-9,11-12H2. The Bertz CT molecular complexity index is 465. The molecule has 19 heavy (non-hydrogen) atoms. The molecule has 102 valence electrons. The molecule has 3 aliphatic carbocycles. The molecule has 0 aliphatic heterocycles. The number of rotatable bonds is 4. The Hall–Kier alpha value is -0.820. The van der Waals surface area contributed by atoms with Crippen LogP contribution in [-0.4, -0.2) is 6.54 Å². The van der Waals surface area contributed by atoms with Crippen LogP contribution in [0.15, 0.2) is 18.2 Å². The van der Waals surface area contributed by atoms with E-state index in [9.17, 15) is 0 Å². The molecule has 1 heteroatoms. The predicted octanol–water partition coefficient (Wildman–Crippen LogP) is 3.70. The minimum atomic E-state index is 0.980. The summed E-state index contributed by atoms with van der Waals surface area (Å²) in [6.07, 6.45) is 10.0. The molecule has 0 saturated heterocycles. The first kappa shape index (κ1) is 12.0. The highest BCUT2D eigenvalue weighted by molar-refractivity contribution is 5.35. The lowest BCUT2D eigenvalue weighted by molar-refractivity contribution is 0.318. The molecular weight excluding hydrogens is 230 g/mol. The van der Waals surface area contributed by atoms with Gasteiger partial charge in [-0.2, -0.15) is 0 Å². The quantitative estimate of drug-likeness (QED) is 0.865. The Labute approximate surface area is 116 Å². The zero-order valence-electron chi connectivity index (χ0n) is 11.8. The third-order valence-electron chi connectivity index (χ3n) is 5.78. The van der Waals surface area contributed by atoms with Gasteiger partial charge in [-0.1, -0.05) is 24.6 Å². The van der Waals surface area contributed by atoms with Crippen LogP contribution in [0.3, 0.4) is 0 Å². The fourth-order valence-electron chi connectivity index (χ4n) is 4.76. The first-order valence-electron chi connectivity index (χ1n) is 8.20. The molecule has 4 rings (SSSR count). The van der Waals surface area contributed by atoms with Crippen molar-refractivity contribution < 1.29 is 0 Å². The van der Waals surface area contributed by atoms with Crippen molar-refractivity contribution >= 4 is 0 Å². The Morgan fingerprint density at radius 2 is 2.00 bits per heavy atom. The molecule has 2 fully saturated rings. The van der Waals surface area contributed by atoms with Gasteiger partial charge in [0, 0.05) is 6.54 Å². The van der Waals surface area contributed by atoms with E-state index < -0.39 is 0 Å². The summed E-state index contributed by atoms with van der Waals surface area (Å²) in [5, 5.41) is 3.72. The van der Waals surface area contributed by atoms with Crippen molar-refractivity contribution in [2.24, 2.45) is 17.8 Å². The van der Waals surface area contributed by atoms with E-state index in [2.05, 4.69) is 23.5 Å². The molecule has 0 aromatic heterocycles. The second-order valence-corrected chi connectivity index (χ2v) is 7.02. The Morgan fingerprint density at radius 1 is 1.05 bits per heavy atom. The van der Waals surface area contributed by atoms with Gasteiger partial charge in [0.05, 0.1) is 0 Å². The van der Waals surface area contributed by atoms with Crippen LogP contribution in [0, 0.1) is 17.8 Å². The Morgan fingerprint density at radius 3 is 2.84 bits per heavy atom. The number of aryl methyl sites for hydroxylation is 2. The molecule has 0 radical (unpaired) electrons. The molecule has 1 aromatic carbocycles. The first-order valence-corrected chi connectivity index (χ1v) is 8.20. The smallest absolute Gasteiger partial charge is 0.0205 e. The summed E-state index contributed by atoms with van der Waals surface area (Å²) in [7, 11) is 0. The fourth-order valence-corrected chi connectivity index (χ4v) is 4.76. The molecule has 1 N–H and O–H groups in total. The maximum Gasteiger partial charge on any atom is 0.0205 e. The van der Waals surface area contributed by atoms with E-state index in [1.165, 1.54) is 57.1 Å². The summed E-state index contributed by atoms with van der Waals surface area (Å²) >= 11 is 0. The summed E-state index contributed by atoms with van der Waals surface area (Å²) in [6.45, 7) is 2.32. The van der Waals surface area contributed by atoms with Crippen LogP contribution in [0.1, 0.15) is 48.8 Å². The molecule has 0 amide bonds. The predicted molar refractivity (Wildman–Crippen MR) is 79.1 cm³/mol. The van der Waals surface area contributed by atoms with Gasteiger partial charge in [-0.25, -0.2) is 0 Å². The van der Waals surface area contributed by atoms with Gasteiger partial charge in [-0.3, -0.25) is 0 Å². The lowest BCUT2D eigenvalue weighted by Crippen LogP contribution is -2.26. The van der Waals surface area contributed by atoms with Crippen LogP contribution in [-0.2, 0) is 19.4 Å². The largest absolute Gasteiger partial charge is 0.312 e. The van der Waals surface area contributed by atoms with Crippen molar-refractivity contribution in [1.29, 1.82) is 0 Å². The molecule has 2 saturated carbocycles. The number of hydrogen-bond acceptors (Lipinski definition) is 1. The van der Waals surface area contributed by atoms with Crippen molar-refractivity contribution in [3.8, 4) is 0 Å². The normalized spacial score (nSPS) is 31.9. The maximum atomic E-state index is 3.72. The van der Waals surface area contributed by atoms with E-state index in [0.717, 1.165) is 24.3 Å². The van der Waals surface area contributed by atoms with E-state index in [4.69, 9.17) is 0 Å². The van der Waals surface area contributed by atoms with Crippen molar-refractivity contribution in [2.45, 2.75) is 51.5 Å². The molecule has 0 spiro atoms. The van der Waals surface area contributed by atoms with E-state index in [1.54, 1.807) is 11.1 Å². The van der Waals surface area contributed by atoms with Crippen molar-refractivity contribution in [2.75, 3.05) is 6.54 Å². The Balaban J connectivity index is 1.30. The summed E-state index contributed by atoms with van der Waals surface area (Å²) in [5.41, 5.74) is 4.69. The van der Waals surface area contributed by atoms with Gasteiger partial charge < -0.3 is 5.32 Å². The second kappa shape index (κ2) is 4.94. The summed E-state index contributed by atoms with van der Waals surface area (Å²) in [4.78, 5) is 0. The number of hydrogen-bond donors (Lipinski definition) is 1. The molecule has 2 bridgehead atoms. The average Bonchev–Trinajstić information content (AvgIpc) is 3.14. The highest BCUT2D eigenvalue weighted by Gasteiger charge is 2.38. The van der Waals surface area contributed by atoms with Gasteiger partial charge >= 0.3 is 0 Å². The summed E-state index contributed by atoms with van der Waals surface area (Å²) < 4.78 is 0. The average molecular weight is 255 g/mol. The lowest BCUT2D eigenvalue weighted by atomic mass is 9.89. The van der Waals surface area contributed by atoms with Crippen LogP contribution in [0.25, 0.3) is 0 Å². The van der Waals surface area contributed by atoms with Crippen LogP contribution >= 0.6 is 0 Å². The zero-order valence-corrected chi connectivity index (χ0v) is 11.8. The third-order valence-corrected chi connectivity index (χ3v) is 5.78. The number of fused-ring (bicyclic) bond motifs is 3. The van der Waals surface area contributed by atoms with Crippen LogP contribution in [0.2, 0.25) is 0 Å². The second-order valence-electron chi connectivity index (χ2n) is 7.02. The van der Waals surface area contributed by atoms with Crippen molar-refractivity contribution in [3.63, 3.8) is 0 Å². The maximum absolute atomic E-state index is 3.72. The fraction of sp³-hybridized carbons (Fsp3) is 0.667. The summed E-state index contributed by atoms with van der Waals surface area (Å²) in [6, 6.07) is 7.13. The highest BCUT2D eigenvalue weighted by Crippen LogP contribution is 2.47. The molecule has 3 aliphatic rings. The van der Waals surface area contributed by atoms with Gasteiger partial charge in [0.25, 0.3) is 0 Å². The SMILES string of the molecule is c1cc2c(cc1CNCC1CC3CCC1C3)CCC2. The summed E-state index contributed by atoms with van der Waals surface area (Å²) in [5.74, 6) is 3.11. The monoisotopic (exact) mass is 255 g/mol. The third kappa shape index (κ3) is 2.33. The van der Waals surface area contributed by atoms with Gasteiger partial charge in [0.1, 0.15) is 0 Å². The van der Waals surface area contributed by atoms with Crippen LogP contribution in [0.5, 0.6) is 0 Å². The van der Waals surface area contributed by atoms with Crippen LogP contribution in [0.4, 0.5) is 0 Å². The van der Waals surface area contributed by atoms with Gasteiger partial charge in [0.15, 0.2) is 0 Å². The van der Waals surface area contributed by atoms with Crippen molar-refractivity contribution in [3.05, 3.63) is 34.9 Å². The molecular formula is C18H25N. The lowest BCUT2D eigenvalue weighted by Gasteiger charge is -2.22. The van der Waals surface area contributed by atoms with Gasteiger partial charge in [-0.15, -0.1) is 0 Å². The molecule has 3 unspecified atom stereocenters. The molecule has 1 nitrogen and oxygen atoms in total. The van der Waals surface area contributed by atoms with Gasteiger partial charge in [-0.05, 0) is 79.5 Å². The van der Waals surface area contributed by atoms with Gasteiger partial charge in [0.2, 0.25) is 0 Å².